The minimum Gasteiger partial charge on any atom is -0.493 e. The first-order chi connectivity index (χ1) is 10.2. The van der Waals surface area contributed by atoms with Crippen LogP contribution < -0.4 is 14.8 Å². The number of ether oxygens (including phenoxy) is 2. The van der Waals surface area contributed by atoms with Gasteiger partial charge in [0, 0.05) is 6.04 Å². The third-order valence-electron chi connectivity index (χ3n) is 3.55. The minimum atomic E-state index is 0.406. The van der Waals surface area contributed by atoms with Crippen LogP contribution in [-0.2, 0) is 13.2 Å². The summed E-state index contributed by atoms with van der Waals surface area (Å²) in [5.74, 6) is 3.26. The molecule has 1 fully saturated rings. The number of hydrogen-bond donors (Lipinski definition) is 1. The molecule has 1 aliphatic rings. The summed E-state index contributed by atoms with van der Waals surface area (Å²) in [6.07, 6.45) is 2.56. The SMILES string of the molecule is COc1cc(C)ccc1OCc1ccc(CNC2CC2)o1. The highest BCUT2D eigenvalue weighted by Crippen LogP contribution is 2.28. The lowest BCUT2D eigenvalue weighted by atomic mass is 10.2. The molecule has 1 aromatic heterocycles. The van der Waals surface area contributed by atoms with E-state index in [0.717, 1.165) is 35.1 Å². The second kappa shape index (κ2) is 6.22. The van der Waals surface area contributed by atoms with Crippen LogP contribution in [0.5, 0.6) is 11.5 Å². The Morgan fingerprint density at radius 2 is 1.95 bits per heavy atom. The molecule has 0 radical (unpaired) electrons. The maximum absolute atomic E-state index is 5.78. The molecule has 0 bridgehead atoms. The van der Waals surface area contributed by atoms with Crippen LogP contribution in [0.15, 0.2) is 34.7 Å². The van der Waals surface area contributed by atoms with Gasteiger partial charge >= 0.3 is 0 Å². The van der Waals surface area contributed by atoms with Crippen LogP contribution in [0.2, 0.25) is 0 Å². The van der Waals surface area contributed by atoms with Crippen molar-refractivity contribution in [3.8, 4) is 11.5 Å². The molecule has 1 saturated carbocycles. The molecule has 0 amide bonds. The first-order valence-electron chi connectivity index (χ1n) is 7.33. The van der Waals surface area contributed by atoms with Crippen molar-refractivity contribution < 1.29 is 13.9 Å². The van der Waals surface area contributed by atoms with E-state index in [1.54, 1.807) is 7.11 Å². The van der Waals surface area contributed by atoms with Crippen molar-refractivity contribution in [1.29, 1.82) is 0 Å². The van der Waals surface area contributed by atoms with Gasteiger partial charge in [0.2, 0.25) is 0 Å². The van der Waals surface area contributed by atoms with Crippen LogP contribution in [0.25, 0.3) is 0 Å². The van der Waals surface area contributed by atoms with E-state index in [1.165, 1.54) is 12.8 Å². The van der Waals surface area contributed by atoms with Crippen LogP contribution in [0.3, 0.4) is 0 Å². The van der Waals surface area contributed by atoms with Gasteiger partial charge in [-0.3, -0.25) is 0 Å². The Morgan fingerprint density at radius 3 is 2.71 bits per heavy atom. The lowest BCUT2D eigenvalue weighted by Crippen LogP contribution is -2.14. The van der Waals surface area contributed by atoms with E-state index in [0.29, 0.717) is 12.6 Å². The number of rotatable bonds is 7. The van der Waals surface area contributed by atoms with Crippen molar-refractivity contribution in [2.24, 2.45) is 0 Å². The molecule has 3 rings (SSSR count). The Bertz CT molecular complexity index is 602. The molecular weight excluding hydrogens is 266 g/mol. The van der Waals surface area contributed by atoms with Crippen LogP contribution in [-0.4, -0.2) is 13.2 Å². The average Bonchev–Trinajstić information content (AvgIpc) is 3.22. The maximum Gasteiger partial charge on any atom is 0.161 e. The monoisotopic (exact) mass is 287 g/mol. The summed E-state index contributed by atoms with van der Waals surface area (Å²) >= 11 is 0. The van der Waals surface area contributed by atoms with Gasteiger partial charge in [0.05, 0.1) is 13.7 Å². The Kier molecular flexibility index (Phi) is 4.15. The molecular formula is C17H21NO3. The molecule has 1 aromatic carbocycles. The van der Waals surface area contributed by atoms with E-state index in [1.807, 2.05) is 37.3 Å². The number of nitrogens with one attached hydrogen (secondary N) is 1. The number of furan rings is 1. The zero-order chi connectivity index (χ0) is 14.7. The molecule has 0 spiro atoms. The van der Waals surface area contributed by atoms with E-state index in [2.05, 4.69) is 5.32 Å². The van der Waals surface area contributed by atoms with Crippen molar-refractivity contribution in [2.45, 2.75) is 39.0 Å². The summed E-state index contributed by atoms with van der Waals surface area (Å²) in [5, 5.41) is 3.43. The number of hydrogen-bond acceptors (Lipinski definition) is 4. The van der Waals surface area contributed by atoms with E-state index in [9.17, 15) is 0 Å². The molecule has 21 heavy (non-hydrogen) atoms. The molecule has 4 nitrogen and oxygen atoms in total. The van der Waals surface area contributed by atoms with Crippen molar-refractivity contribution in [2.75, 3.05) is 7.11 Å². The summed E-state index contributed by atoms with van der Waals surface area (Å²) < 4.78 is 16.9. The Morgan fingerprint density at radius 1 is 1.14 bits per heavy atom. The lowest BCUT2D eigenvalue weighted by Gasteiger charge is -2.10. The second-order valence-corrected chi connectivity index (χ2v) is 5.47. The van der Waals surface area contributed by atoms with Gasteiger partial charge in [-0.15, -0.1) is 0 Å². The topological polar surface area (TPSA) is 43.6 Å². The van der Waals surface area contributed by atoms with E-state index < -0.39 is 0 Å². The van der Waals surface area contributed by atoms with E-state index in [-0.39, 0.29) is 0 Å². The third kappa shape index (κ3) is 3.79. The Labute approximate surface area is 125 Å². The fourth-order valence-corrected chi connectivity index (χ4v) is 2.17. The molecule has 1 heterocycles. The molecule has 0 aliphatic heterocycles. The predicted molar refractivity (Wildman–Crippen MR) is 80.6 cm³/mol. The smallest absolute Gasteiger partial charge is 0.161 e. The van der Waals surface area contributed by atoms with Gasteiger partial charge in [0.15, 0.2) is 11.5 Å². The number of aryl methyl sites for hydroxylation is 1. The minimum absolute atomic E-state index is 0.406. The van der Waals surface area contributed by atoms with Crippen LogP contribution >= 0.6 is 0 Å². The fraction of sp³-hybridized carbons (Fsp3) is 0.412. The highest BCUT2D eigenvalue weighted by atomic mass is 16.5. The molecule has 0 unspecified atom stereocenters. The largest absolute Gasteiger partial charge is 0.493 e. The van der Waals surface area contributed by atoms with Crippen molar-refractivity contribution in [3.05, 3.63) is 47.4 Å². The van der Waals surface area contributed by atoms with Crippen LogP contribution in [0.1, 0.15) is 29.9 Å². The molecule has 112 valence electrons. The van der Waals surface area contributed by atoms with Gasteiger partial charge in [-0.25, -0.2) is 0 Å². The summed E-state index contributed by atoms with van der Waals surface area (Å²) in [6.45, 7) is 3.22. The molecule has 1 N–H and O–H groups in total. The Hall–Kier alpha value is -1.94. The average molecular weight is 287 g/mol. The summed E-state index contributed by atoms with van der Waals surface area (Å²) in [4.78, 5) is 0. The van der Waals surface area contributed by atoms with Crippen LogP contribution in [0, 0.1) is 6.92 Å². The highest BCUT2D eigenvalue weighted by Gasteiger charge is 2.20. The van der Waals surface area contributed by atoms with Gasteiger partial charge in [0.25, 0.3) is 0 Å². The molecule has 0 atom stereocenters. The fourth-order valence-electron chi connectivity index (χ4n) is 2.17. The van der Waals surface area contributed by atoms with Gasteiger partial charge in [0.1, 0.15) is 18.1 Å². The lowest BCUT2D eigenvalue weighted by molar-refractivity contribution is 0.252. The summed E-state index contributed by atoms with van der Waals surface area (Å²) in [6, 6.07) is 10.5. The van der Waals surface area contributed by atoms with Gasteiger partial charge < -0.3 is 19.2 Å². The zero-order valence-electron chi connectivity index (χ0n) is 12.5. The molecule has 2 aromatic rings. The van der Waals surface area contributed by atoms with E-state index in [4.69, 9.17) is 13.9 Å². The quantitative estimate of drug-likeness (QED) is 0.847. The molecule has 1 aliphatic carbocycles. The Balaban J connectivity index is 1.56. The zero-order valence-corrected chi connectivity index (χ0v) is 12.5. The van der Waals surface area contributed by atoms with Gasteiger partial charge in [-0.05, 0) is 49.6 Å². The van der Waals surface area contributed by atoms with E-state index >= 15 is 0 Å². The standard InChI is InChI=1S/C17H21NO3/c1-12-3-8-16(17(9-12)19-2)20-11-15-7-6-14(21-15)10-18-13-4-5-13/h3,6-9,13,18H,4-5,10-11H2,1-2H3. The highest BCUT2D eigenvalue weighted by molar-refractivity contribution is 5.42. The maximum atomic E-state index is 5.78. The first-order valence-corrected chi connectivity index (χ1v) is 7.33. The first kappa shape index (κ1) is 14.0. The summed E-state index contributed by atoms with van der Waals surface area (Å²) in [7, 11) is 1.65. The predicted octanol–water partition coefficient (Wildman–Crippen LogP) is 3.43. The second-order valence-electron chi connectivity index (χ2n) is 5.47. The summed E-state index contributed by atoms with van der Waals surface area (Å²) in [5.41, 5.74) is 1.14. The van der Waals surface area contributed by atoms with Crippen molar-refractivity contribution in [3.63, 3.8) is 0 Å². The molecule has 0 saturated heterocycles. The van der Waals surface area contributed by atoms with Crippen molar-refractivity contribution >= 4 is 0 Å². The normalized spacial score (nSPS) is 14.2. The van der Waals surface area contributed by atoms with Gasteiger partial charge in [-0.2, -0.15) is 0 Å². The van der Waals surface area contributed by atoms with Gasteiger partial charge in [-0.1, -0.05) is 6.07 Å². The third-order valence-corrected chi connectivity index (χ3v) is 3.55. The van der Waals surface area contributed by atoms with Crippen molar-refractivity contribution in [1.82, 2.24) is 5.32 Å². The molecule has 4 heteroatoms. The number of benzene rings is 1. The van der Waals surface area contributed by atoms with Crippen LogP contribution in [0.4, 0.5) is 0 Å². The number of methoxy groups -OCH3 is 1.